The summed E-state index contributed by atoms with van der Waals surface area (Å²) in [5.74, 6) is 2.43. The number of aliphatic imine (C=N–C) groups is 1. The smallest absolute Gasteiger partial charge is 0.251 e. The molecule has 162 valence electrons. The number of nitrogens with zero attached hydrogens (tertiary/aromatic N) is 3. The Morgan fingerprint density at radius 2 is 1.68 bits per heavy atom. The highest BCUT2D eigenvalue weighted by atomic mass is 16.5. The predicted octanol–water partition coefficient (Wildman–Crippen LogP) is 3.14. The van der Waals surface area contributed by atoms with E-state index in [9.17, 15) is 5.11 Å². The minimum Gasteiger partial charge on any atom is -0.504 e. The summed E-state index contributed by atoms with van der Waals surface area (Å²) in [7, 11) is 6.15. The number of nitrogen functional groups attached to an aromatic ring is 1. The summed E-state index contributed by atoms with van der Waals surface area (Å²) in [6.45, 7) is 0. The van der Waals surface area contributed by atoms with Crippen molar-refractivity contribution in [2.75, 3.05) is 34.2 Å². The van der Waals surface area contributed by atoms with Gasteiger partial charge in [-0.25, -0.2) is 9.98 Å². The fraction of sp³-hybridized carbons (Fsp3) is 0.227. The first kappa shape index (κ1) is 21.7. The molecule has 1 aromatic heterocycles. The van der Waals surface area contributed by atoms with Crippen molar-refractivity contribution in [1.29, 1.82) is 0 Å². The van der Waals surface area contributed by atoms with E-state index in [0.29, 0.717) is 40.8 Å². The number of para-hydroxylation sites is 1. The summed E-state index contributed by atoms with van der Waals surface area (Å²) in [6.07, 6.45) is 3.53. The summed E-state index contributed by atoms with van der Waals surface area (Å²) in [6, 6.07) is 8.79. The second kappa shape index (κ2) is 9.66. The van der Waals surface area contributed by atoms with E-state index in [0.717, 1.165) is 11.1 Å². The maximum Gasteiger partial charge on any atom is 0.251 e. The molecule has 0 bridgehead atoms. The van der Waals surface area contributed by atoms with Gasteiger partial charge >= 0.3 is 0 Å². The molecule has 0 aliphatic heterocycles. The first-order chi connectivity index (χ1) is 15.0. The Bertz CT molecular complexity index is 1080. The Morgan fingerprint density at radius 1 is 1.00 bits per heavy atom. The number of ether oxygens (including phenoxy) is 4. The normalized spacial score (nSPS) is 10.8. The molecule has 0 fully saturated rings. The summed E-state index contributed by atoms with van der Waals surface area (Å²) in [4.78, 5) is 12.7. The Kier molecular flexibility index (Phi) is 6.76. The monoisotopic (exact) mass is 424 g/mol. The summed E-state index contributed by atoms with van der Waals surface area (Å²) < 4.78 is 21.2. The maximum atomic E-state index is 10.1. The number of benzene rings is 2. The molecule has 2 aromatic carbocycles. The number of methoxy groups -OCH3 is 4. The van der Waals surface area contributed by atoms with Crippen LogP contribution < -0.4 is 24.7 Å². The molecule has 0 atom stereocenters. The van der Waals surface area contributed by atoms with Gasteiger partial charge in [-0.2, -0.15) is 4.98 Å². The summed E-state index contributed by atoms with van der Waals surface area (Å²) in [5.41, 5.74) is 8.22. The van der Waals surface area contributed by atoms with Crippen LogP contribution in [0.1, 0.15) is 16.7 Å². The van der Waals surface area contributed by atoms with Crippen LogP contribution >= 0.6 is 0 Å². The number of hydrogen-bond donors (Lipinski definition) is 2. The van der Waals surface area contributed by atoms with Gasteiger partial charge in [-0.3, -0.25) is 0 Å². The minimum absolute atomic E-state index is 0.0132. The molecular weight excluding hydrogens is 400 g/mol. The molecule has 0 radical (unpaired) electrons. The highest BCUT2D eigenvalue weighted by Gasteiger charge is 2.15. The number of hydrogen-bond acceptors (Lipinski definition) is 9. The SMILES string of the molecule is COc1cccc(C=Nc2ncc(Cc3cc(OC)c(OC)c(OC)c3)c(N)n2)c1O. The van der Waals surface area contributed by atoms with Gasteiger partial charge in [0.1, 0.15) is 5.82 Å². The molecule has 1 heterocycles. The Balaban J connectivity index is 1.83. The number of nitrogens with two attached hydrogens (primary N) is 1. The van der Waals surface area contributed by atoms with E-state index in [1.807, 2.05) is 12.1 Å². The Labute approximate surface area is 180 Å². The fourth-order valence-electron chi connectivity index (χ4n) is 3.00. The number of aromatic nitrogens is 2. The molecule has 9 heteroatoms. The van der Waals surface area contributed by atoms with Crippen molar-refractivity contribution in [3.63, 3.8) is 0 Å². The molecule has 0 unspecified atom stereocenters. The molecule has 0 saturated heterocycles. The van der Waals surface area contributed by atoms with Crippen molar-refractivity contribution >= 4 is 18.0 Å². The quantitative estimate of drug-likeness (QED) is 0.529. The third-order valence-electron chi connectivity index (χ3n) is 4.57. The number of phenols is 1. The largest absolute Gasteiger partial charge is 0.504 e. The van der Waals surface area contributed by atoms with Crippen LogP contribution in [0, 0.1) is 0 Å². The molecule has 0 saturated carbocycles. The highest BCUT2D eigenvalue weighted by molar-refractivity contribution is 5.86. The van der Waals surface area contributed by atoms with Crippen LogP contribution in [-0.4, -0.2) is 49.7 Å². The van der Waals surface area contributed by atoms with Crippen molar-refractivity contribution < 1.29 is 24.1 Å². The average molecular weight is 424 g/mol. The van der Waals surface area contributed by atoms with Crippen LogP contribution in [0.2, 0.25) is 0 Å². The number of aromatic hydroxyl groups is 1. The van der Waals surface area contributed by atoms with Crippen LogP contribution in [0.4, 0.5) is 11.8 Å². The molecule has 0 amide bonds. The molecule has 3 N–H and O–H groups in total. The highest BCUT2D eigenvalue weighted by Crippen LogP contribution is 2.39. The molecule has 0 spiro atoms. The molecule has 0 aliphatic rings. The van der Waals surface area contributed by atoms with Gasteiger partial charge in [-0.15, -0.1) is 0 Å². The van der Waals surface area contributed by atoms with E-state index in [-0.39, 0.29) is 11.7 Å². The maximum absolute atomic E-state index is 10.1. The van der Waals surface area contributed by atoms with Gasteiger partial charge in [0, 0.05) is 30.0 Å². The summed E-state index contributed by atoms with van der Waals surface area (Å²) in [5, 5.41) is 10.1. The summed E-state index contributed by atoms with van der Waals surface area (Å²) >= 11 is 0. The van der Waals surface area contributed by atoms with E-state index in [1.54, 1.807) is 45.7 Å². The zero-order valence-corrected chi connectivity index (χ0v) is 17.7. The first-order valence-electron chi connectivity index (χ1n) is 9.31. The number of anilines is 1. The van der Waals surface area contributed by atoms with Gasteiger partial charge in [-0.05, 0) is 29.8 Å². The van der Waals surface area contributed by atoms with E-state index < -0.39 is 0 Å². The van der Waals surface area contributed by atoms with Crippen LogP contribution in [0.3, 0.4) is 0 Å². The lowest BCUT2D eigenvalue weighted by atomic mass is 10.1. The van der Waals surface area contributed by atoms with Crippen LogP contribution in [0.25, 0.3) is 0 Å². The molecule has 9 nitrogen and oxygen atoms in total. The van der Waals surface area contributed by atoms with E-state index in [1.165, 1.54) is 13.3 Å². The average Bonchev–Trinajstić information content (AvgIpc) is 2.79. The standard InChI is InChI=1S/C22H24N4O5/c1-28-16-7-5-6-14(19(16)27)11-24-22-25-12-15(21(23)26-22)8-13-9-17(29-2)20(31-4)18(10-13)30-3/h5-7,9-12,27H,8H2,1-4H3,(H2,23,25,26). The zero-order chi connectivity index (χ0) is 22.4. The fourth-order valence-corrected chi connectivity index (χ4v) is 3.00. The molecule has 31 heavy (non-hydrogen) atoms. The van der Waals surface area contributed by atoms with Crippen molar-refractivity contribution in [2.24, 2.45) is 4.99 Å². The second-order valence-electron chi connectivity index (χ2n) is 6.45. The predicted molar refractivity (Wildman–Crippen MR) is 117 cm³/mol. The zero-order valence-electron chi connectivity index (χ0n) is 17.7. The van der Waals surface area contributed by atoms with Crippen molar-refractivity contribution in [2.45, 2.75) is 6.42 Å². The lowest BCUT2D eigenvalue weighted by Gasteiger charge is -2.14. The van der Waals surface area contributed by atoms with Crippen molar-refractivity contribution in [1.82, 2.24) is 9.97 Å². The van der Waals surface area contributed by atoms with Crippen molar-refractivity contribution in [3.05, 3.63) is 53.2 Å². The van der Waals surface area contributed by atoms with Crippen LogP contribution in [-0.2, 0) is 6.42 Å². The van der Waals surface area contributed by atoms with Crippen molar-refractivity contribution in [3.8, 4) is 28.7 Å². The van der Waals surface area contributed by atoms with Gasteiger partial charge in [0.2, 0.25) is 5.75 Å². The topological polar surface area (TPSA) is 121 Å². The second-order valence-corrected chi connectivity index (χ2v) is 6.45. The first-order valence-corrected chi connectivity index (χ1v) is 9.31. The number of rotatable bonds is 8. The third-order valence-corrected chi connectivity index (χ3v) is 4.57. The Morgan fingerprint density at radius 3 is 2.26 bits per heavy atom. The molecule has 3 rings (SSSR count). The lowest BCUT2D eigenvalue weighted by Crippen LogP contribution is -2.02. The number of phenolic OH excluding ortho intramolecular Hbond substituents is 1. The van der Waals surface area contributed by atoms with Gasteiger partial charge in [0.25, 0.3) is 5.95 Å². The van der Waals surface area contributed by atoms with E-state index in [2.05, 4.69) is 15.0 Å². The molecule has 3 aromatic rings. The van der Waals surface area contributed by atoms with E-state index >= 15 is 0 Å². The van der Waals surface area contributed by atoms with E-state index in [4.69, 9.17) is 24.7 Å². The minimum atomic E-state index is -0.0132. The molecule has 0 aliphatic carbocycles. The van der Waals surface area contributed by atoms with Gasteiger partial charge < -0.3 is 29.8 Å². The van der Waals surface area contributed by atoms with Gasteiger partial charge in [0.05, 0.1) is 28.4 Å². The van der Waals surface area contributed by atoms with Gasteiger partial charge in [0.15, 0.2) is 23.0 Å². The van der Waals surface area contributed by atoms with Crippen LogP contribution in [0.15, 0.2) is 41.5 Å². The van der Waals surface area contributed by atoms with Crippen LogP contribution in [0.5, 0.6) is 28.7 Å². The third kappa shape index (κ3) is 4.77. The lowest BCUT2D eigenvalue weighted by molar-refractivity contribution is 0.324. The van der Waals surface area contributed by atoms with Gasteiger partial charge in [-0.1, -0.05) is 6.07 Å². The molecular formula is C22H24N4O5. The Hall–Kier alpha value is -4.01.